The van der Waals surface area contributed by atoms with E-state index < -0.39 is 17.5 Å². The largest absolute Gasteiger partial charge is 0.336 e. The molecule has 106 valence electrons. The van der Waals surface area contributed by atoms with Gasteiger partial charge in [0.25, 0.3) is 5.91 Å². The smallest absolute Gasteiger partial charge is 0.257 e. The minimum atomic E-state index is -0.709. The molecule has 1 aliphatic heterocycles. The van der Waals surface area contributed by atoms with Crippen LogP contribution in [0.2, 0.25) is 0 Å². The molecule has 1 unspecified atom stereocenters. The number of rotatable bonds is 1. The number of nitrogens with one attached hydrogen (secondary N) is 1. The van der Waals surface area contributed by atoms with E-state index in [2.05, 4.69) is 21.2 Å². The first-order chi connectivity index (χ1) is 8.49. The molecule has 1 N–H and O–H groups in total. The Labute approximate surface area is 124 Å². The topological polar surface area (TPSA) is 32.3 Å². The summed E-state index contributed by atoms with van der Waals surface area (Å²) in [6.45, 7) is 3.60. The highest BCUT2D eigenvalue weighted by molar-refractivity contribution is 9.10. The summed E-state index contributed by atoms with van der Waals surface area (Å²) in [5, 5.41) is 3.18. The second kappa shape index (κ2) is 6.63. The van der Waals surface area contributed by atoms with Gasteiger partial charge in [-0.3, -0.25) is 4.79 Å². The number of hydrogen-bond acceptors (Lipinski definition) is 2. The normalized spacial score (nSPS) is 18.9. The van der Waals surface area contributed by atoms with Crippen molar-refractivity contribution in [3.63, 3.8) is 0 Å². The van der Waals surface area contributed by atoms with Crippen LogP contribution in [0.25, 0.3) is 0 Å². The van der Waals surface area contributed by atoms with Gasteiger partial charge < -0.3 is 10.2 Å². The van der Waals surface area contributed by atoms with Crippen LogP contribution in [0.5, 0.6) is 0 Å². The number of hydrogen-bond donors (Lipinski definition) is 1. The second-order valence-electron chi connectivity index (χ2n) is 4.35. The molecule has 1 amide bonds. The minimum absolute atomic E-state index is 0. The van der Waals surface area contributed by atoms with Crippen LogP contribution in [-0.4, -0.2) is 36.5 Å². The zero-order valence-corrected chi connectivity index (χ0v) is 12.7. The molecule has 3 nitrogen and oxygen atoms in total. The number of halogens is 4. The maximum absolute atomic E-state index is 13.7. The first-order valence-electron chi connectivity index (χ1n) is 5.66. The summed E-state index contributed by atoms with van der Waals surface area (Å²) in [6.07, 6.45) is 0. The summed E-state index contributed by atoms with van der Waals surface area (Å²) in [6, 6.07) is 2.08. The molecule has 0 aliphatic carbocycles. The summed E-state index contributed by atoms with van der Waals surface area (Å²) >= 11 is 2.88. The molecule has 1 saturated heterocycles. The first kappa shape index (κ1) is 16.3. The molecule has 0 radical (unpaired) electrons. The molecule has 0 aromatic heterocycles. The van der Waals surface area contributed by atoms with Crippen molar-refractivity contribution < 1.29 is 13.6 Å². The highest BCUT2D eigenvalue weighted by Crippen LogP contribution is 2.21. The molecular formula is C12H14BrClF2N2O. The summed E-state index contributed by atoms with van der Waals surface area (Å²) in [5.74, 6) is -1.81. The molecule has 2 rings (SSSR count). The standard InChI is InChI=1S/C12H13BrF2N2O.ClH/c1-7-6-17(3-2-16-7)12(18)8-4-11(15)9(13)5-10(8)14;/h4-5,7,16H,2-3,6H2,1H3;1H. The van der Waals surface area contributed by atoms with Gasteiger partial charge in [-0.1, -0.05) is 0 Å². The maximum atomic E-state index is 13.7. The Hall–Kier alpha value is -0.720. The van der Waals surface area contributed by atoms with E-state index in [1.54, 1.807) is 0 Å². The molecule has 1 aromatic rings. The fourth-order valence-corrected chi connectivity index (χ4v) is 2.29. The van der Waals surface area contributed by atoms with Crippen LogP contribution < -0.4 is 5.32 Å². The van der Waals surface area contributed by atoms with Crippen molar-refractivity contribution in [2.24, 2.45) is 0 Å². The lowest BCUT2D eigenvalue weighted by atomic mass is 10.1. The van der Waals surface area contributed by atoms with E-state index in [0.29, 0.717) is 19.6 Å². The van der Waals surface area contributed by atoms with Crippen LogP contribution in [0.3, 0.4) is 0 Å². The monoisotopic (exact) mass is 354 g/mol. The first-order valence-corrected chi connectivity index (χ1v) is 6.45. The molecule has 1 aliphatic rings. The van der Waals surface area contributed by atoms with E-state index in [-0.39, 0.29) is 28.5 Å². The van der Waals surface area contributed by atoms with Crippen LogP contribution in [0.1, 0.15) is 17.3 Å². The van der Waals surface area contributed by atoms with Gasteiger partial charge in [-0.25, -0.2) is 8.78 Å². The zero-order chi connectivity index (χ0) is 13.3. The summed E-state index contributed by atoms with van der Waals surface area (Å²) in [4.78, 5) is 13.6. The van der Waals surface area contributed by atoms with Gasteiger partial charge in [-0.15, -0.1) is 12.4 Å². The maximum Gasteiger partial charge on any atom is 0.257 e. The number of benzene rings is 1. The molecule has 19 heavy (non-hydrogen) atoms. The summed E-state index contributed by atoms with van der Waals surface area (Å²) in [7, 11) is 0. The Kier molecular flexibility index (Phi) is 5.70. The van der Waals surface area contributed by atoms with E-state index in [9.17, 15) is 13.6 Å². The molecule has 1 atom stereocenters. The van der Waals surface area contributed by atoms with Gasteiger partial charge in [-0.05, 0) is 35.0 Å². The van der Waals surface area contributed by atoms with E-state index >= 15 is 0 Å². The third-order valence-corrected chi connectivity index (χ3v) is 3.50. The molecule has 7 heteroatoms. The zero-order valence-electron chi connectivity index (χ0n) is 10.3. The van der Waals surface area contributed by atoms with Gasteiger partial charge in [0.1, 0.15) is 11.6 Å². The van der Waals surface area contributed by atoms with E-state index in [1.807, 2.05) is 6.92 Å². The van der Waals surface area contributed by atoms with E-state index in [0.717, 1.165) is 12.1 Å². The summed E-state index contributed by atoms with van der Waals surface area (Å²) < 4.78 is 27.1. The fourth-order valence-electron chi connectivity index (χ4n) is 1.97. The Balaban J connectivity index is 0.00000180. The highest BCUT2D eigenvalue weighted by atomic mass is 79.9. The third kappa shape index (κ3) is 3.64. The Morgan fingerprint density at radius 3 is 2.74 bits per heavy atom. The Bertz CT molecular complexity index is 487. The molecule has 0 bridgehead atoms. The molecule has 1 aromatic carbocycles. The average molecular weight is 356 g/mol. The number of carbonyl (C=O) groups excluding carboxylic acids is 1. The van der Waals surface area contributed by atoms with Crippen LogP contribution in [0.4, 0.5) is 8.78 Å². The van der Waals surface area contributed by atoms with Crippen LogP contribution in [-0.2, 0) is 0 Å². The lowest BCUT2D eigenvalue weighted by Gasteiger charge is -2.32. The van der Waals surface area contributed by atoms with Crippen LogP contribution >= 0.6 is 28.3 Å². The lowest BCUT2D eigenvalue weighted by molar-refractivity contribution is 0.0703. The third-order valence-electron chi connectivity index (χ3n) is 2.90. The number of amides is 1. The number of carbonyl (C=O) groups is 1. The molecule has 1 heterocycles. The number of piperazine rings is 1. The van der Waals surface area contributed by atoms with Crippen molar-refractivity contribution in [3.05, 3.63) is 33.8 Å². The number of nitrogens with zero attached hydrogens (tertiary/aromatic N) is 1. The van der Waals surface area contributed by atoms with Gasteiger partial charge >= 0.3 is 0 Å². The summed E-state index contributed by atoms with van der Waals surface area (Å²) in [5.41, 5.74) is -0.218. The Morgan fingerprint density at radius 1 is 1.42 bits per heavy atom. The van der Waals surface area contributed by atoms with Gasteiger partial charge in [0.15, 0.2) is 0 Å². The van der Waals surface area contributed by atoms with Gasteiger partial charge in [0.05, 0.1) is 10.0 Å². The van der Waals surface area contributed by atoms with Crippen molar-refractivity contribution >= 4 is 34.2 Å². The van der Waals surface area contributed by atoms with E-state index in [1.165, 1.54) is 4.90 Å². The van der Waals surface area contributed by atoms with Gasteiger partial charge in [-0.2, -0.15) is 0 Å². The van der Waals surface area contributed by atoms with Crippen molar-refractivity contribution in [1.29, 1.82) is 0 Å². The van der Waals surface area contributed by atoms with Crippen molar-refractivity contribution in [2.45, 2.75) is 13.0 Å². The second-order valence-corrected chi connectivity index (χ2v) is 5.21. The highest BCUT2D eigenvalue weighted by Gasteiger charge is 2.24. The van der Waals surface area contributed by atoms with Crippen molar-refractivity contribution in [1.82, 2.24) is 10.2 Å². The molecular weight excluding hydrogens is 341 g/mol. The lowest BCUT2D eigenvalue weighted by Crippen LogP contribution is -2.51. The predicted molar refractivity (Wildman–Crippen MR) is 74.7 cm³/mol. The van der Waals surface area contributed by atoms with E-state index in [4.69, 9.17) is 0 Å². The van der Waals surface area contributed by atoms with Crippen LogP contribution in [0.15, 0.2) is 16.6 Å². The fraction of sp³-hybridized carbons (Fsp3) is 0.417. The molecule has 1 fully saturated rings. The van der Waals surface area contributed by atoms with Gasteiger partial charge in [0.2, 0.25) is 0 Å². The SMILES string of the molecule is CC1CN(C(=O)c2cc(F)c(Br)cc2F)CCN1.Cl. The Morgan fingerprint density at radius 2 is 2.11 bits per heavy atom. The molecule has 0 saturated carbocycles. The van der Waals surface area contributed by atoms with Crippen molar-refractivity contribution in [3.8, 4) is 0 Å². The molecule has 0 spiro atoms. The quantitative estimate of drug-likeness (QED) is 0.785. The average Bonchev–Trinajstić information content (AvgIpc) is 2.33. The van der Waals surface area contributed by atoms with Crippen LogP contribution in [0, 0.1) is 11.6 Å². The predicted octanol–water partition coefficient (Wildman–Crippen LogP) is 2.58. The minimum Gasteiger partial charge on any atom is -0.336 e. The van der Waals surface area contributed by atoms with Crippen molar-refractivity contribution in [2.75, 3.05) is 19.6 Å². The van der Waals surface area contributed by atoms with Gasteiger partial charge in [0, 0.05) is 25.7 Å².